The number of phenolic OH excluding ortho intramolecular Hbond substituents is 1. The second kappa shape index (κ2) is 11.9. The van der Waals surface area contributed by atoms with E-state index in [1.54, 1.807) is 18.2 Å². The van der Waals surface area contributed by atoms with E-state index in [1.807, 2.05) is 19.1 Å². The Morgan fingerprint density at radius 1 is 1.03 bits per heavy atom. The van der Waals surface area contributed by atoms with E-state index in [9.17, 15) is 24.6 Å². The van der Waals surface area contributed by atoms with E-state index < -0.39 is 17.4 Å². The first kappa shape index (κ1) is 27.0. The first-order valence-corrected chi connectivity index (χ1v) is 12.4. The molecule has 1 heterocycles. The molecule has 0 aliphatic carbocycles. The molecular formula is C28H34O8. The Morgan fingerprint density at radius 3 is 2.39 bits per heavy atom. The highest BCUT2D eigenvalue weighted by Gasteiger charge is 2.48. The van der Waals surface area contributed by atoms with Crippen LogP contribution in [0.3, 0.4) is 0 Å². The molecule has 194 valence electrons. The fourth-order valence-electron chi connectivity index (χ4n) is 4.31. The van der Waals surface area contributed by atoms with E-state index in [4.69, 9.17) is 14.2 Å². The molecule has 2 N–H and O–H groups in total. The van der Waals surface area contributed by atoms with Crippen molar-refractivity contribution in [1.29, 1.82) is 0 Å². The van der Waals surface area contributed by atoms with Crippen LogP contribution in [0.15, 0.2) is 30.3 Å². The number of aliphatic carboxylic acids is 1. The maximum absolute atomic E-state index is 12.0. The van der Waals surface area contributed by atoms with Gasteiger partial charge in [0.25, 0.3) is 5.60 Å². The molecule has 0 radical (unpaired) electrons. The fourth-order valence-corrected chi connectivity index (χ4v) is 4.31. The first-order valence-electron chi connectivity index (χ1n) is 12.4. The first-order chi connectivity index (χ1) is 17.2. The molecule has 3 rings (SSSR count). The lowest BCUT2D eigenvalue weighted by Crippen LogP contribution is -2.52. The molecule has 0 saturated carbocycles. The van der Waals surface area contributed by atoms with Gasteiger partial charge in [-0.2, -0.15) is 0 Å². The topological polar surface area (TPSA) is 119 Å². The fraction of sp³-hybridized carbons (Fsp3) is 0.464. The van der Waals surface area contributed by atoms with Crippen LogP contribution in [-0.4, -0.2) is 46.6 Å². The van der Waals surface area contributed by atoms with E-state index in [0.717, 1.165) is 31.2 Å². The van der Waals surface area contributed by atoms with E-state index in [1.165, 1.54) is 13.8 Å². The van der Waals surface area contributed by atoms with Gasteiger partial charge in [-0.25, -0.2) is 4.79 Å². The van der Waals surface area contributed by atoms with Crippen molar-refractivity contribution in [3.8, 4) is 23.0 Å². The predicted octanol–water partition coefficient (Wildman–Crippen LogP) is 4.91. The van der Waals surface area contributed by atoms with Crippen molar-refractivity contribution in [3.63, 3.8) is 0 Å². The number of benzene rings is 2. The Morgan fingerprint density at radius 2 is 1.75 bits per heavy atom. The zero-order valence-corrected chi connectivity index (χ0v) is 21.1. The van der Waals surface area contributed by atoms with Crippen LogP contribution in [0.5, 0.6) is 23.0 Å². The number of carboxylic acids is 1. The van der Waals surface area contributed by atoms with Gasteiger partial charge in [-0.05, 0) is 69.7 Å². The minimum Gasteiger partial charge on any atom is -0.507 e. The number of hydrogen-bond acceptors (Lipinski definition) is 7. The van der Waals surface area contributed by atoms with Crippen molar-refractivity contribution in [1.82, 2.24) is 0 Å². The number of aromatic hydroxyl groups is 1. The van der Waals surface area contributed by atoms with Crippen LogP contribution in [-0.2, 0) is 22.4 Å². The summed E-state index contributed by atoms with van der Waals surface area (Å²) in [6.07, 6.45) is 4.42. The number of Topliss-reactive ketones (excluding diaryl/α,β-unsaturated/α-hetero) is 2. The molecule has 1 aliphatic heterocycles. The van der Waals surface area contributed by atoms with Gasteiger partial charge in [0.2, 0.25) is 0 Å². The van der Waals surface area contributed by atoms with Crippen molar-refractivity contribution in [2.45, 2.75) is 71.3 Å². The molecule has 36 heavy (non-hydrogen) atoms. The summed E-state index contributed by atoms with van der Waals surface area (Å²) in [5, 5.41) is 20.0. The molecule has 1 atom stereocenters. The molecule has 1 aliphatic rings. The number of carbonyl (C=O) groups is 3. The van der Waals surface area contributed by atoms with Gasteiger partial charge in [0.15, 0.2) is 11.6 Å². The molecule has 0 amide bonds. The van der Waals surface area contributed by atoms with Gasteiger partial charge in [-0.3, -0.25) is 9.59 Å². The quantitative estimate of drug-likeness (QED) is 0.227. The van der Waals surface area contributed by atoms with E-state index in [2.05, 4.69) is 0 Å². The second-order valence-electron chi connectivity index (χ2n) is 9.06. The summed E-state index contributed by atoms with van der Waals surface area (Å²) in [6, 6.07) is 8.64. The lowest BCUT2D eigenvalue weighted by atomic mass is 9.88. The summed E-state index contributed by atoms with van der Waals surface area (Å²) >= 11 is 0. The number of fused-ring (bicyclic) bond motifs is 1. The third-order valence-corrected chi connectivity index (χ3v) is 6.42. The Kier molecular flexibility index (Phi) is 8.96. The van der Waals surface area contributed by atoms with Crippen LogP contribution in [0.1, 0.15) is 74.4 Å². The standard InChI is InChI=1S/C28H34O8/c1-4-8-23-24(12-11-22(18(2)29)26(23)31)35-16-7-5-6-15-34-21-10-9-20-13-14-28(19(3)30,27(32)33)36-25(20)17-21/h9-12,17,31H,4-8,13-16H2,1-3H3,(H,32,33). The molecule has 8 heteroatoms. The smallest absolute Gasteiger partial charge is 0.355 e. The maximum atomic E-state index is 12.0. The molecule has 2 aromatic rings. The van der Waals surface area contributed by atoms with Crippen LogP contribution in [0.2, 0.25) is 0 Å². The maximum Gasteiger partial charge on any atom is 0.355 e. The number of aryl methyl sites for hydroxylation is 1. The van der Waals surface area contributed by atoms with Gasteiger partial charge in [-0.15, -0.1) is 0 Å². The Hall–Kier alpha value is -3.55. The van der Waals surface area contributed by atoms with Gasteiger partial charge < -0.3 is 24.4 Å². The van der Waals surface area contributed by atoms with Crippen LogP contribution in [0.25, 0.3) is 0 Å². The Labute approximate surface area is 211 Å². The minimum absolute atomic E-state index is 0.00757. The third-order valence-electron chi connectivity index (χ3n) is 6.42. The van der Waals surface area contributed by atoms with Crippen LogP contribution >= 0.6 is 0 Å². The number of phenols is 1. The Bertz CT molecular complexity index is 1110. The summed E-state index contributed by atoms with van der Waals surface area (Å²) in [5.74, 6) is -0.448. The normalized spacial score (nSPS) is 16.5. The zero-order valence-electron chi connectivity index (χ0n) is 21.1. The van der Waals surface area contributed by atoms with Gasteiger partial charge in [0.05, 0.1) is 18.8 Å². The lowest BCUT2D eigenvalue weighted by molar-refractivity contribution is -0.162. The minimum atomic E-state index is -1.84. The predicted molar refractivity (Wildman–Crippen MR) is 133 cm³/mol. The molecular weight excluding hydrogens is 464 g/mol. The average molecular weight is 499 g/mol. The number of unbranched alkanes of at least 4 members (excludes halogenated alkanes) is 2. The highest BCUT2D eigenvalue weighted by Crippen LogP contribution is 2.37. The van der Waals surface area contributed by atoms with Gasteiger partial charge in [-0.1, -0.05) is 19.4 Å². The number of ether oxygens (including phenoxy) is 3. The molecule has 0 spiro atoms. The summed E-state index contributed by atoms with van der Waals surface area (Å²) in [7, 11) is 0. The van der Waals surface area contributed by atoms with Crippen molar-refractivity contribution in [2.75, 3.05) is 13.2 Å². The van der Waals surface area contributed by atoms with E-state index in [0.29, 0.717) is 54.4 Å². The molecule has 0 fully saturated rings. The summed E-state index contributed by atoms with van der Waals surface area (Å²) in [4.78, 5) is 35.4. The number of ketones is 2. The third kappa shape index (κ3) is 5.98. The number of carbonyl (C=O) groups excluding carboxylic acids is 2. The van der Waals surface area contributed by atoms with Crippen LogP contribution in [0, 0.1) is 0 Å². The SMILES string of the molecule is CCCc1c(OCCCCCOc2ccc3c(c2)OC(C(C)=O)(C(=O)O)CC3)ccc(C(C)=O)c1O. The molecule has 0 aromatic heterocycles. The summed E-state index contributed by atoms with van der Waals surface area (Å²) < 4.78 is 17.4. The molecule has 8 nitrogen and oxygen atoms in total. The van der Waals surface area contributed by atoms with E-state index in [-0.39, 0.29) is 18.0 Å². The number of hydrogen-bond donors (Lipinski definition) is 2. The largest absolute Gasteiger partial charge is 0.507 e. The van der Waals surface area contributed by atoms with Gasteiger partial charge >= 0.3 is 5.97 Å². The zero-order chi connectivity index (χ0) is 26.3. The molecule has 1 unspecified atom stereocenters. The summed E-state index contributed by atoms with van der Waals surface area (Å²) in [6.45, 7) is 5.61. The monoisotopic (exact) mass is 498 g/mol. The van der Waals surface area contributed by atoms with Crippen molar-refractivity contribution >= 4 is 17.5 Å². The molecule has 2 aromatic carbocycles. The highest BCUT2D eigenvalue weighted by molar-refractivity contribution is 6.06. The van der Waals surface area contributed by atoms with Crippen LogP contribution < -0.4 is 14.2 Å². The van der Waals surface area contributed by atoms with Crippen molar-refractivity contribution < 1.29 is 38.8 Å². The van der Waals surface area contributed by atoms with Crippen LogP contribution in [0.4, 0.5) is 0 Å². The highest BCUT2D eigenvalue weighted by atomic mass is 16.5. The molecule has 0 saturated heterocycles. The molecule has 0 bridgehead atoms. The second-order valence-corrected chi connectivity index (χ2v) is 9.06. The van der Waals surface area contributed by atoms with Crippen molar-refractivity contribution in [3.05, 3.63) is 47.0 Å². The Balaban J connectivity index is 1.47. The van der Waals surface area contributed by atoms with Crippen molar-refractivity contribution in [2.24, 2.45) is 0 Å². The van der Waals surface area contributed by atoms with Gasteiger partial charge in [0, 0.05) is 18.1 Å². The lowest BCUT2D eigenvalue weighted by Gasteiger charge is -2.33. The van der Waals surface area contributed by atoms with Gasteiger partial charge in [0.1, 0.15) is 23.0 Å². The van der Waals surface area contributed by atoms with E-state index >= 15 is 0 Å². The summed E-state index contributed by atoms with van der Waals surface area (Å²) in [5.41, 5.74) is -0.0148. The number of carboxylic acid groups (broad SMARTS) is 1. The average Bonchev–Trinajstić information content (AvgIpc) is 2.84. The number of rotatable bonds is 13.